The number of likely N-dealkylation sites (N-methyl/N-ethyl adjacent to an activating group) is 1. The number of carbonyl (C=O) groups is 2. The van der Waals surface area contributed by atoms with E-state index in [0.717, 1.165) is 6.42 Å². The summed E-state index contributed by atoms with van der Waals surface area (Å²) in [6.07, 6.45) is 4.78. The molecule has 0 bridgehead atoms. The first-order valence-electron chi connectivity index (χ1n) is 7.84. The van der Waals surface area contributed by atoms with Gasteiger partial charge >= 0.3 is 0 Å². The van der Waals surface area contributed by atoms with Crippen LogP contribution in [0.2, 0.25) is 5.02 Å². The molecule has 1 atom stereocenters. The van der Waals surface area contributed by atoms with Crippen LogP contribution in [0.1, 0.15) is 23.2 Å². The third-order valence-electron chi connectivity index (χ3n) is 4.44. The SMILES string of the molecule is CNC(=O)C1(n2cccn2)CCCN(C(=O)c2ccc(Cl)cc2)C1. The van der Waals surface area contributed by atoms with Crippen molar-refractivity contribution in [1.29, 1.82) is 0 Å². The number of rotatable bonds is 3. The van der Waals surface area contributed by atoms with Crippen molar-refractivity contribution in [3.8, 4) is 0 Å². The topological polar surface area (TPSA) is 67.2 Å². The minimum atomic E-state index is -0.876. The van der Waals surface area contributed by atoms with E-state index >= 15 is 0 Å². The molecule has 3 rings (SSSR count). The van der Waals surface area contributed by atoms with Crippen molar-refractivity contribution < 1.29 is 9.59 Å². The number of hydrogen-bond acceptors (Lipinski definition) is 3. The molecule has 2 aromatic rings. The molecule has 0 spiro atoms. The molecular formula is C17H19ClN4O2. The number of halogens is 1. The molecule has 1 aromatic carbocycles. The Kier molecular flexibility index (Phi) is 4.57. The quantitative estimate of drug-likeness (QED) is 0.923. The Bertz CT molecular complexity index is 730. The van der Waals surface area contributed by atoms with E-state index in [1.165, 1.54) is 0 Å². The first kappa shape index (κ1) is 16.5. The number of nitrogens with one attached hydrogen (secondary N) is 1. The highest BCUT2D eigenvalue weighted by Crippen LogP contribution is 2.29. The summed E-state index contributed by atoms with van der Waals surface area (Å²) < 4.78 is 1.66. The molecular weight excluding hydrogens is 328 g/mol. The van der Waals surface area contributed by atoms with Crippen molar-refractivity contribution in [2.45, 2.75) is 18.4 Å². The number of amides is 2. The van der Waals surface area contributed by atoms with Gasteiger partial charge in [0.2, 0.25) is 5.91 Å². The number of aromatic nitrogens is 2. The van der Waals surface area contributed by atoms with Gasteiger partial charge in [0.05, 0.1) is 6.54 Å². The van der Waals surface area contributed by atoms with Gasteiger partial charge in [-0.15, -0.1) is 0 Å². The molecule has 1 aliphatic heterocycles. The van der Waals surface area contributed by atoms with Crippen molar-refractivity contribution in [2.75, 3.05) is 20.1 Å². The molecule has 6 nitrogen and oxygen atoms in total. The van der Waals surface area contributed by atoms with Crippen LogP contribution in [0, 0.1) is 0 Å². The zero-order valence-corrected chi connectivity index (χ0v) is 14.2. The molecule has 0 aliphatic carbocycles. The fourth-order valence-electron chi connectivity index (χ4n) is 3.22. The number of carbonyl (C=O) groups excluding carboxylic acids is 2. The highest BCUT2D eigenvalue weighted by molar-refractivity contribution is 6.30. The summed E-state index contributed by atoms with van der Waals surface area (Å²) in [6.45, 7) is 0.900. The van der Waals surface area contributed by atoms with E-state index in [2.05, 4.69) is 10.4 Å². The van der Waals surface area contributed by atoms with Crippen LogP contribution in [0.5, 0.6) is 0 Å². The van der Waals surface area contributed by atoms with Crippen molar-refractivity contribution in [3.63, 3.8) is 0 Å². The van der Waals surface area contributed by atoms with Crippen LogP contribution < -0.4 is 5.32 Å². The molecule has 24 heavy (non-hydrogen) atoms. The lowest BCUT2D eigenvalue weighted by Crippen LogP contribution is -2.59. The van der Waals surface area contributed by atoms with Crippen LogP contribution in [0.25, 0.3) is 0 Å². The van der Waals surface area contributed by atoms with E-state index in [0.29, 0.717) is 23.6 Å². The molecule has 1 fully saturated rings. The normalized spacial score (nSPS) is 20.7. The highest BCUT2D eigenvalue weighted by atomic mass is 35.5. The van der Waals surface area contributed by atoms with Crippen LogP contribution in [-0.4, -0.2) is 46.6 Å². The molecule has 1 aliphatic rings. The van der Waals surface area contributed by atoms with Gasteiger partial charge in [-0.2, -0.15) is 5.10 Å². The molecule has 1 aromatic heterocycles. The lowest BCUT2D eigenvalue weighted by atomic mass is 9.87. The fourth-order valence-corrected chi connectivity index (χ4v) is 3.34. The summed E-state index contributed by atoms with van der Waals surface area (Å²) in [7, 11) is 1.60. The Morgan fingerprint density at radius 1 is 1.29 bits per heavy atom. The van der Waals surface area contributed by atoms with E-state index in [1.54, 1.807) is 59.4 Å². The minimum Gasteiger partial charge on any atom is -0.357 e. The first-order chi connectivity index (χ1) is 11.6. The Balaban J connectivity index is 1.90. The zero-order chi connectivity index (χ0) is 17.2. The van der Waals surface area contributed by atoms with E-state index in [1.807, 2.05) is 0 Å². The summed E-state index contributed by atoms with van der Waals surface area (Å²) in [4.78, 5) is 27.1. The molecule has 1 N–H and O–H groups in total. The number of piperidine rings is 1. The van der Waals surface area contributed by atoms with E-state index in [4.69, 9.17) is 11.6 Å². The van der Waals surface area contributed by atoms with Gasteiger partial charge in [0, 0.05) is 36.6 Å². The van der Waals surface area contributed by atoms with Gasteiger partial charge in [0.25, 0.3) is 5.91 Å². The smallest absolute Gasteiger partial charge is 0.253 e. The van der Waals surface area contributed by atoms with Gasteiger partial charge in [-0.1, -0.05) is 11.6 Å². The summed E-state index contributed by atoms with van der Waals surface area (Å²) in [5.74, 6) is -0.244. The third kappa shape index (κ3) is 2.89. The maximum atomic E-state index is 12.8. The van der Waals surface area contributed by atoms with Gasteiger partial charge in [-0.25, -0.2) is 0 Å². The van der Waals surface area contributed by atoms with Gasteiger partial charge in [-0.3, -0.25) is 14.3 Å². The van der Waals surface area contributed by atoms with Gasteiger partial charge in [0.15, 0.2) is 5.54 Å². The Hall–Kier alpha value is -2.34. The summed E-state index contributed by atoms with van der Waals surface area (Å²) in [6, 6.07) is 8.57. The van der Waals surface area contributed by atoms with Crippen LogP contribution >= 0.6 is 11.6 Å². The minimum absolute atomic E-state index is 0.105. The maximum Gasteiger partial charge on any atom is 0.253 e. The molecule has 7 heteroatoms. The Labute approximate surface area is 145 Å². The lowest BCUT2D eigenvalue weighted by Gasteiger charge is -2.41. The molecule has 126 valence electrons. The predicted octanol–water partition coefficient (Wildman–Crippen LogP) is 1.91. The van der Waals surface area contributed by atoms with Gasteiger partial charge in [0.1, 0.15) is 0 Å². The molecule has 1 saturated heterocycles. The van der Waals surface area contributed by atoms with Crippen LogP contribution in [0.15, 0.2) is 42.7 Å². The second-order valence-corrected chi connectivity index (χ2v) is 6.33. The zero-order valence-electron chi connectivity index (χ0n) is 13.4. The summed E-state index contributed by atoms with van der Waals surface area (Å²) in [5.41, 5.74) is -0.314. The maximum absolute atomic E-state index is 12.8. The predicted molar refractivity (Wildman–Crippen MR) is 90.9 cm³/mol. The van der Waals surface area contributed by atoms with Crippen LogP contribution in [-0.2, 0) is 10.3 Å². The molecule has 1 unspecified atom stereocenters. The van der Waals surface area contributed by atoms with E-state index in [-0.39, 0.29) is 18.4 Å². The largest absolute Gasteiger partial charge is 0.357 e. The summed E-state index contributed by atoms with van der Waals surface area (Å²) in [5, 5.41) is 7.56. The molecule has 0 saturated carbocycles. The fraction of sp³-hybridized carbons (Fsp3) is 0.353. The second kappa shape index (κ2) is 6.65. The molecule has 2 amide bonds. The number of benzene rings is 1. The van der Waals surface area contributed by atoms with Crippen molar-refractivity contribution >= 4 is 23.4 Å². The van der Waals surface area contributed by atoms with Gasteiger partial charge < -0.3 is 10.2 Å². The lowest BCUT2D eigenvalue weighted by molar-refractivity contribution is -0.132. The molecule has 0 radical (unpaired) electrons. The third-order valence-corrected chi connectivity index (χ3v) is 4.69. The molecule has 2 heterocycles. The average Bonchev–Trinajstić information content (AvgIpc) is 3.16. The van der Waals surface area contributed by atoms with E-state index < -0.39 is 5.54 Å². The number of hydrogen-bond donors (Lipinski definition) is 1. The van der Waals surface area contributed by atoms with Crippen molar-refractivity contribution in [3.05, 3.63) is 53.3 Å². The van der Waals surface area contributed by atoms with Gasteiger partial charge in [-0.05, 0) is 43.2 Å². The van der Waals surface area contributed by atoms with Crippen molar-refractivity contribution in [1.82, 2.24) is 20.0 Å². The monoisotopic (exact) mass is 346 g/mol. The van der Waals surface area contributed by atoms with E-state index in [9.17, 15) is 9.59 Å². The van der Waals surface area contributed by atoms with Crippen LogP contribution in [0.4, 0.5) is 0 Å². The van der Waals surface area contributed by atoms with Crippen molar-refractivity contribution in [2.24, 2.45) is 0 Å². The summed E-state index contributed by atoms with van der Waals surface area (Å²) >= 11 is 5.89. The second-order valence-electron chi connectivity index (χ2n) is 5.90. The standard InChI is InChI=1S/C17H19ClN4O2/c1-19-16(24)17(22-11-3-9-20-22)8-2-10-21(12-17)15(23)13-4-6-14(18)7-5-13/h3-7,9,11H,2,8,10,12H2,1H3,(H,19,24). The first-order valence-corrected chi connectivity index (χ1v) is 8.22. The Morgan fingerprint density at radius 3 is 2.67 bits per heavy atom. The average molecular weight is 347 g/mol. The Morgan fingerprint density at radius 2 is 2.04 bits per heavy atom. The number of nitrogens with zero attached hydrogens (tertiary/aromatic N) is 3. The number of likely N-dealkylation sites (tertiary alicyclic amines) is 1. The van der Waals surface area contributed by atoms with Crippen LogP contribution in [0.3, 0.4) is 0 Å². The highest BCUT2D eigenvalue weighted by Gasteiger charge is 2.45.